The van der Waals surface area contributed by atoms with Crippen LogP contribution >= 0.6 is 0 Å². The minimum absolute atomic E-state index is 0.254. The molecule has 1 aromatic rings. The van der Waals surface area contributed by atoms with E-state index in [1.165, 1.54) is 0 Å². The first-order valence-electron chi connectivity index (χ1n) is 5.27. The van der Waals surface area contributed by atoms with E-state index in [9.17, 15) is 0 Å². The number of nitrogen functional groups attached to an aromatic ring is 1. The molecular formula is C12H19N3. The monoisotopic (exact) mass is 205 g/mol. The summed E-state index contributed by atoms with van der Waals surface area (Å²) in [4.78, 5) is 4.09. The van der Waals surface area contributed by atoms with E-state index in [0.717, 1.165) is 24.0 Å². The maximum absolute atomic E-state index is 5.80. The third kappa shape index (κ3) is 3.72. The number of aryl methyl sites for hydroxylation is 1. The van der Waals surface area contributed by atoms with E-state index in [1.807, 2.05) is 19.1 Å². The molecule has 3 nitrogen and oxygen atoms in total. The van der Waals surface area contributed by atoms with Gasteiger partial charge >= 0.3 is 0 Å². The largest absolute Gasteiger partial charge is 0.383 e. The van der Waals surface area contributed by atoms with Crippen LogP contribution in [0, 0.1) is 6.92 Å². The molecule has 3 heteroatoms. The van der Waals surface area contributed by atoms with Crippen molar-refractivity contribution < 1.29 is 0 Å². The lowest BCUT2D eigenvalue weighted by atomic mass is 10.1. The molecule has 0 bridgehead atoms. The van der Waals surface area contributed by atoms with E-state index in [4.69, 9.17) is 11.5 Å². The Hall–Kier alpha value is -1.35. The average molecular weight is 205 g/mol. The molecule has 0 aliphatic rings. The Bertz CT molecular complexity index is 345. The highest BCUT2D eigenvalue weighted by molar-refractivity contribution is 5.52. The van der Waals surface area contributed by atoms with Gasteiger partial charge in [-0.05, 0) is 37.0 Å². The van der Waals surface area contributed by atoms with Gasteiger partial charge in [-0.25, -0.2) is 4.98 Å². The number of rotatable bonds is 4. The second kappa shape index (κ2) is 5.51. The Morgan fingerprint density at radius 2 is 2.27 bits per heavy atom. The predicted octanol–water partition coefficient (Wildman–Crippen LogP) is 2.11. The Morgan fingerprint density at radius 3 is 2.87 bits per heavy atom. The van der Waals surface area contributed by atoms with Crippen LogP contribution < -0.4 is 11.5 Å². The van der Waals surface area contributed by atoms with E-state index in [2.05, 4.69) is 18.0 Å². The fourth-order valence-electron chi connectivity index (χ4n) is 1.24. The minimum atomic E-state index is 0.254. The van der Waals surface area contributed by atoms with Gasteiger partial charge < -0.3 is 11.5 Å². The maximum atomic E-state index is 5.80. The summed E-state index contributed by atoms with van der Waals surface area (Å²) in [6, 6.07) is 2.28. The van der Waals surface area contributed by atoms with Gasteiger partial charge in [0.05, 0.1) is 0 Å². The standard InChI is InChI=1S/C12H19N3/c1-3-11(13)6-4-5-10-7-9(2)12(14)15-8-10/h4-5,7-8,11H,3,6,13H2,1-2H3,(H2,14,15). The van der Waals surface area contributed by atoms with Crippen LogP contribution in [0.2, 0.25) is 0 Å². The van der Waals surface area contributed by atoms with Gasteiger partial charge in [-0.15, -0.1) is 0 Å². The zero-order valence-corrected chi connectivity index (χ0v) is 9.40. The van der Waals surface area contributed by atoms with Crippen molar-refractivity contribution in [3.63, 3.8) is 0 Å². The van der Waals surface area contributed by atoms with Gasteiger partial charge in [-0.3, -0.25) is 0 Å². The Morgan fingerprint density at radius 1 is 1.53 bits per heavy atom. The van der Waals surface area contributed by atoms with Crippen molar-refractivity contribution in [2.75, 3.05) is 5.73 Å². The molecule has 0 aromatic carbocycles. The van der Waals surface area contributed by atoms with Crippen molar-refractivity contribution >= 4 is 11.9 Å². The summed E-state index contributed by atoms with van der Waals surface area (Å²) in [6.45, 7) is 4.05. The number of anilines is 1. The summed E-state index contributed by atoms with van der Waals surface area (Å²) >= 11 is 0. The fourth-order valence-corrected chi connectivity index (χ4v) is 1.24. The topological polar surface area (TPSA) is 64.9 Å². The van der Waals surface area contributed by atoms with Gasteiger partial charge in [0.25, 0.3) is 0 Å². The van der Waals surface area contributed by atoms with Crippen LogP contribution in [-0.4, -0.2) is 11.0 Å². The number of hydrogen-bond donors (Lipinski definition) is 2. The Balaban J connectivity index is 2.61. The van der Waals surface area contributed by atoms with Crippen molar-refractivity contribution in [2.45, 2.75) is 32.7 Å². The summed E-state index contributed by atoms with van der Waals surface area (Å²) in [5.41, 5.74) is 13.5. The molecule has 0 saturated carbocycles. The van der Waals surface area contributed by atoms with E-state index in [1.54, 1.807) is 6.20 Å². The highest BCUT2D eigenvalue weighted by Gasteiger charge is 1.96. The Labute approximate surface area is 91.2 Å². The second-order valence-corrected chi connectivity index (χ2v) is 3.78. The van der Waals surface area contributed by atoms with Crippen molar-refractivity contribution in [1.29, 1.82) is 0 Å². The summed E-state index contributed by atoms with van der Waals surface area (Å²) in [5.74, 6) is 0.595. The first-order chi connectivity index (χ1) is 7.13. The van der Waals surface area contributed by atoms with Crippen LogP contribution in [0.1, 0.15) is 30.9 Å². The van der Waals surface area contributed by atoms with Crippen LogP contribution in [-0.2, 0) is 0 Å². The molecule has 1 aromatic heterocycles. The predicted molar refractivity (Wildman–Crippen MR) is 65.3 cm³/mol. The van der Waals surface area contributed by atoms with Crippen molar-refractivity contribution in [1.82, 2.24) is 4.98 Å². The molecule has 0 aliphatic carbocycles. The number of hydrogen-bond acceptors (Lipinski definition) is 3. The van der Waals surface area contributed by atoms with Crippen LogP contribution in [0.15, 0.2) is 18.3 Å². The number of nitrogens with zero attached hydrogens (tertiary/aromatic N) is 1. The third-order valence-corrected chi connectivity index (χ3v) is 2.41. The fraction of sp³-hybridized carbons (Fsp3) is 0.417. The Kier molecular flexibility index (Phi) is 4.31. The molecule has 0 fully saturated rings. The SMILES string of the molecule is CCC(N)CC=Cc1cnc(N)c(C)c1. The summed E-state index contributed by atoms with van der Waals surface area (Å²) in [7, 11) is 0. The zero-order chi connectivity index (χ0) is 11.3. The van der Waals surface area contributed by atoms with Crippen molar-refractivity contribution in [3.8, 4) is 0 Å². The zero-order valence-electron chi connectivity index (χ0n) is 9.40. The molecule has 4 N–H and O–H groups in total. The molecule has 0 aliphatic heterocycles. The molecular weight excluding hydrogens is 186 g/mol. The molecule has 1 rings (SSSR count). The minimum Gasteiger partial charge on any atom is -0.383 e. The third-order valence-electron chi connectivity index (χ3n) is 2.41. The van der Waals surface area contributed by atoms with E-state index < -0.39 is 0 Å². The summed E-state index contributed by atoms with van der Waals surface area (Å²) in [6.07, 6.45) is 7.80. The van der Waals surface area contributed by atoms with Crippen molar-refractivity contribution in [3.05, 3.63) is 29.5 Å². The van der Waals surface area contributed by atoms with Gasteiger partial charge in [-0.1, -0.05) is 19.1 Å². The highest BCUT2D eigenvalue weighted by atomic mass is 14.8. The maximum Gasteiger partial charge on any atom is 0.126 e. The van der Waals surface area contributed by atoms with E-state index in [0.29, 0.717) is 5.82 Å². The lowest BCUT2D eigenvalue weighted by molar-refractivity contribution is 0.660. The van der Waals surface area contributed by atoms with Gasteiger partial charge in [0.2, 0.25) is 0 Å². The highest BCUT2D eigenvalue weighted by Crippen LogP contribution is 2.10. The van der Waals surface area contributed by atoms with E-state index in [-0.39, 0.29) is 6.04 Å². The smallest absolute Gasteiger partial charge is 0.126 e. The molecule has 82 valence electrons. The first-order valence-corrected chi connectivity index (χ1v) is 5.27. The van der Waals surface area contributed by atoms with Crippen LogP contribution in [0.3, 0.4) is 0 Å². The summed E-state index contributed by atoms with van der Waals surface area (Å²) < 4.78 is 0. The molecule has 0 amide bonds. The number of pyridine rings is 1. The van der Waals surface area contributed by atoms with Crippen LogP contribution in [0.25, 0.3) is 6.08 Å². The average Bonchev–Trinajstić information content (AvgIpc) is 2.23. The lowest BCUT2D eigenvalue weighted by Crippen LogP contribution is -2.16. The number of nitrogens with two attached hydrogens (primary N) is 2. The molecule has 0 spiro atoms. The summed E-state index contributed by atoms with van der Waals surface area (Å²) in [5, 5.41) is 0. The number of aromatic nitrogens is 1. The molecule has 0 saturated heterocycles. The lowest BCUT2D eigenvalue weighted by Gasteiger charge is -2.03. The second-order valence-electron chi connectivity index (χ2n) is 3.78. The van der Waals surface area contributed by atoms with Crippen LogP contribution in [0.4, 0.5) is 5.82 Å². The van der Waals surface area contributed by atoms with Gasteiger partial charge in [0, 0.05) is 12.2 Å². The normalized spacial score (nSPS) is 13.3. The van der Waals surface area contributed by atoms with Gasteiger partial charge in [0.15, 0.2) is 0 Å². The van der Waals surface area contributed by atoms with E-state index >= 15 is 0 Å². The molecule has 15 heavy (non-hydrogen) atoms. The first kappa shape index (κ1) is 11.7. The molecule has 1 atom stereocenters. The molecule has 0 radical (unpaired) electrons. The van der Waals surface area contributed by atoms with Gasteiger partial charge in [-0.2, -0.15) is 0 Å². The van der Waals surface area contributed by atoms with Crippen LogP contribution in [0.5, 0.6) is 0 Å². The van der Waals surface area contributed by atoms with Gasteiger partial charge in [0.1, 0.15) is 5.82 Å². The molecule has 1 heterocycles. The molecule has 1 unspecified atom stereocenters. The van der Waals surface area contributed by atoms with Crippen molar-refractivity contribution in [2.24, 2.45) is 5.73 Å². The quantitative estimate of drug-likeness (QED) is 0.791.